The number of esters is 1. The molecule has 0 unspecified atom stereocenters. The Kier molecular flexibility index (Phi) is 16.3. The standard InChI is InChI=1S/C24H46N2O6/c1-8-10-23(29)32-21(12-11-20(25)22(30-6)15-19(28)9-2)18(4)24(31-7)17(3)13-14-26(5)16-27/h13-14,16-22,24,28H,8-12,15,25H2,1-7H3/b14-13+/t17-,18+,19-,20+,21-,22+,24-/m1/s1. The highest BCUT2D eigenvalue weighted by atomic mass is 16.5. The molecule has 8 nitrogen and oxygen atoms in total. The van der Waals surface area contributed by atoms with Crippen molar-refractivity contribution >= 4 is 12.4 Å². The lowest BCUT2D eigenvalue weighted by Gasteiger charge is -2.34. The zero-order chi connectivity index (χ0) is 24.7. The third kappa shape index (κ3) is 11.4. The van der Waals surface area contributed by atoms with Crippen LogP contribution in [0.1, 0.15) is 66.2 Å². The van der Waals surface area contributed by atoms with Gasteiger partial charge in [-0.3, -0.25) is 9.59 Å². The van der Waals surface area contributed by atoms with Crippen LogP contribution in [0.5, 0.6) is 0 Å². The van der Waals surface area contributed by atoms with E-state index in [1.807, 2.05) is 33.8 Å². The molecule has 0 aliphatic carbocycles. The van der Waals surface area contributed by atoms with Crippen molar-refractivity contribution in [2.45, 2.75) is 96.7 Å². The summed E-state index contributed by atoms with van der Waals surface area (Å²) in [7, 11) is 4.90. The van der Waals surface area contributed by atoms with Crippen LogP contribution in [-0.4, -0.2) is 74.1 Å². The maximum Gasteiger partial charge on any atom is 0.306 e. The number of hydrogen-bond acceptors (Lipinski definition) is 7. The predicted octanol–water partition coefficient (Wildman–Crippen LogP) is 2.87. The summed E-state index contributed by atoms with van der Waals surface area (Å²) in [6.07, 6.45) is 6.33. The number of methoxy groups -OCH3 is 2. The summed E-state index contributed by atoms with van der Waals surface area (Å²) < 4.78 is 17.1. The molecule has 0 bridgehead atoms. The number of amides is 1. The largest absolute Gasteiger partial charge is 0.462 e. The van der Waals surface area contributed by atoms with Crippen molar-refractivity contribution in [3.63, 3.8) is 0 Å². The van der Waals surface area contributed by atoms with Crippen molar-refractivity contribution in [3.05, 3.63) is 12.3 Å². The summed E-state index contributed by atoms with van der Waals surface area (Å²) in [5.74, 6) is -0.345. The molecule has 8 heteroatoms. The molecule has 0 aromatic heterocycles. The smallest absolute Gasteiger partial charge is 0.306 e. The Morgan fingerprint density at radius 3 is 2.28 bits per heavy atom. The molecular weight excluding hydrogens is 412 g/mol. The van der Waals surface area contributed by atoms with Gasteiger partial charge in [0.1, 0.15) is 6.10 Å². The van der Waals surface area contributed by atoms with Crippen molar-refractivity contribution in [1.82, 2.24) is 4.90 Å². The number of aliphatic hydroxyl groups is 1. The molecule has 0 aliphatic heterocycles. The quantitative estimate of drug-likeness (QED) is 0.240. The zero-order valence-electron chi connectivity index (χ0n) is 21.0. The number of nitrogens with zero attached hydrogens (tertiary/aromatic N) is 1. The lowest BCUT2D eigenvalue weighted by molar-refractivity contribution is -0.156. The second-order valence-corrected chi connectivity index (χ2v) is 8.62. The van der Waals surface area contributed by atoms with Gasteiger partial charge in [0.15, 0.2) is 0 Å². The van der Waals surface area contributed by atoms with E-state index in [1.165, 1.54) is 4.90 Å². The molecule has 1 amide bonds. The second kappa shape index (κ2) is 17.1. The van der Waals surface area contributed by atoms with E-state index in [0.29, 0.717) is 38.5 Å². The van der Waals surface area contributed by atoms with Crippen LogP contribution in [0.15, 0.2) is 12.3 Å². The van der Waals surface area contributed by atoms with E-state index in [-0.39, 0.29) is 42.2 Å². The minimum atomic E-state index is -0.460. The Labute approximate surface area is 194 Å². The summed E-state index contributed by atoms with van der Waals surface area (Å²) in [6, 6.07) is -0.291. The molecule has 0 spiro atoms. The first-order valence-electron chi connectivity index (χ1n) is 11.7. The van der Waals surface area contributed by atoms with Gasteiger partial charge in [-0.05, 0) is 25.7 Å². The van der Waals surface area contributed by atoms with Gasteiger partial charge < -0.3 is 30.0 Å². The maximum atomic E-state index is 12.3. The molecule has 188 valence electrons. The van der Waals surface area contributed by atoms with Crippen LogP contribution in [-0.2, 0) is 23.8 Å². The Hall–Kier alpha value is -1.48. The second-order valence-electron chi connectivity index (χ2n) is 8.62. The van der Waals surface area contributed by atoms with Crippen LogP contribution >= 0.6 is 0 Å². The fraction of sp³-hybridized carbons (Fsp3) is 0.833. The molecule has 32 heavy (non-hydrogen) atoms. The first-order chi connectivity index (χ1) is 15.1. The van der Waals surface area contributed by atoms with E-state index >= 15 is 0 Å². The number of rotatable bonds is 18. The first-order valence-corrected chi connectivity index (χ1v) is 11.7. The fourth-order valence-electron chi connectivity index (χ4n) is 3.82. The van der Waals surface area contributed by atoms with Crippen LogP contribution in [0.2, 0.25) is 0 Å². The Balaban J connectivity index is 5.37. The molecular formula is C24H46N2O6. The predicted molar refractivity (Wildman–Crippen MR) is 126 cm³/mol. The summed E-state index contributed by atoms with van der Waals surface area (Å²) in [6.45, 7) is 7.86. The zero-order valence-corrected chi connectivity index (χ0v) is 21.0. The highest BCUT2D eigenvalue weighted by Crippen LogP contribution is 2.27. The number of nitrogens with two attached hydrogens (primary N) is 1. The van der Waals surface area contributed by atoms with Gasteiger partial charge in [0.2, 0.25) is 6.41 Å². The molecule has 3 N–H and O–H groups in total. The molecule has 0 aromatic carbocycles. The minimum Gasteiger partial charge on any atom is -0.462 e. The van der Waals surface area contributed by atoms with Gasteiger partial charge in [-0.15, -0.1) is 0 Å². The van der Waals surface area contributed by atoms with Crippen LogP contribution in [0.3, 0.4) is 0 Å². The Bertz CT molecular complexity index is 545. The molecule has 0 aromatic rings. The summed E-state index contributed by atoms with van der Waals surface area (Å²) in [5.41, 5.74) is 6.38. The van der Waals surface area contributed by atoms with Crippen molar-refractivity contribution in [2.75, 3.05) is 21.3 Å². The van der Waals surface area contributed by atoms with E-state index < -0.39 is 6.10 Å². The van der Waals surface area contributed by atoms with Crippen molar-refractivity contribution in [2.24, 2.45) is 17.6 Å². The van der Waals surface area contributed by atoms with Gasteiger partial charge >= 0.3 is 5.97 Å². The Morgan fingerprint density at radius 1 is 1.12 bits per heavy atom. The highest BCUT2D eigenvalue weighted by molar-refractivity contribution is 5.69. The van der Waals surface area contributed by atoms with Gasteiger partial charge in [0.05, 0.1) is 18.3 Å². The van der Waals surface area contributed by atoms with Crippen LogP contribution in [0.4, 0.5) is 0 Å². The van der Waals surface area contributed by atoms with Crippen LogP contribution < -0.4 is 5.73 Å². The van der Waals surface area contributed by atoms with E-state index in [2.05, 4.69) is 0 Å². The Morgan fingerprint density at radius 2 is 1.78 bits per heavy atom. The number of hydrogen-bond donors (Lipinski definition) is 2. The molecule has 7 atom stereocenters. The lowest BCUT2D eigenvalue weighted by atomic mass is 9.86. The van der Waals surface area contributed by atoms with Crippen LogP contribution in [0.25, 0.3) is 0 Å². The average Bonchev–Trinajstić information content (AvgIpc) is 2.78. The van der Waals surface area contributed by atoms with Gasteiger partial charge in [-0.2, -0.15) is 0 Å². The normalized spacial score (nSPS) is 18.4. The lowest BCUT2D eigenvalue weighted by Crippen LogP contribution is -2.42. The van der Waals surface area contributed by atoms with Crippen LogP contribution in [0, 0.1) is 11.8 Å². The number of carbonyl (C=O) groups is 2. The molecule has 0 aliphatic rings. The van der Waals surface area contributed by atoms with E-state index in [0.717, 1.165) is 6.41 Å². The summed E-state index contributed by atoms with van der Waals surface area (Å²) in [4.78, 5) is 24.6. The van der Waals surface area contributed by atoms with Gasteiger partial charge in [0.25, 0.3) is 0 Å². The monoisotopic (exact) mass is 458 g/mol. The number of aliphatic hydroxyl groups excluding tert-OH is 1. The summed E-state index contributed by atoms with van der Waals surface area (Å²) in [5, 5.41) is 9.97. The highest BCUT2D eigenvalue weighted by Gasteiger charge is 2.32. The van der Waals surface area contributed by atoms with Gasteiger partial charge in [0, 0.05) is 58.2 Å². The number of ether oxygens (including phenoxy) is 3. The topological polar surface area (TPSA) is 111 Å². The van der Waals surface area contributed by atoms with E-state index in [1.54, 1.807) is 27.5 Å². The minimum absolute atomic E-state index is 0.00937. The molecule has 0 saturated heterocycles. The average molecular weight is 459 g/mol. The molecule has 0 fully saturated rings. The molecule has 0 rings (SSSR count). The fourth-order valence-corrected chi connectivity index (χ4v) is 3.82. The maximum absolute atomic E-state index is 12.3. The SMILES string of the molecule is CCCC(=O)O[C@H](CC[C@H](N)[C@H](C[C@H](O)CC)OC)[C@H](C)[C@H](OC)[C@H](C)/C=C/N(C)C=O. The van der Waals surface area contributed by atoms with Gasteiger partial charge in [-0.1, -0.05) is 33.8 Å². The molecule has 0 saturated carbocycles. The van der Waals surface area contributed by atoms with E-state index in [9.17, 15) is 14.7 Å². The number of carbonyl (C=O) groups excluding carboxylic acids is 2. The van der Waals surface area contributed by atoms with Gasteiger partial charge in [-0.25, -0.2) is 0 Å². The van der Waals surface area contributed by atoms with Crippen molar-refractivity contribution in [3.8, 4) is 0 Å². The molecule has 0 heterocycles. The summed E-state index contributed by atoms with van der Waals surface area (Å²) >= 11 is 0. The molecule has 0 radical (unpaired) electrons. The van der Waals surface area contributed by atoms with Crippen molar-refractivity contribution in [1.29, 1.82) is 0 Å². The van der Waals surface area contributed by atoms with Crippen molar-refractivity contribution < 1.29 is 28.9 Å². The first kappa shape index (κ1) is 30.5. The van der Waals surface area contributed by atoms with E-state index in [4.69, 9.17) is 19.9 Å². The third-order valence-electron chi connectivity index (χ3n) is 5.96. The third-order valence-corrected chi connectivity index (χ3v) is 5.96.